The molecule has 0 aliphatic heterocycles. The van der Waals surface area contributed by atoms with E-state index in [1.54, 1.807) is 0 Å². The number of rotatable bonds is 50. The van der Waals surface area contributed by atoms with Gasteiger partial charge in [-0.15, -0.1) is 0 Å². The molecule has 0 aliphatic carbocycles. The zero-order valence-electron chi connectivity index (χ0n) is 38.6. The Morgan fingerprint density at radius 3 is 0.600 bits per heavy atom. The average Bonchev–Trinajstić information content (AvgIpc) is 3.19. The van der Waals surface area contributed by atoms with E-state index in [0.29, 0.717) is 19.4 Å². The molecule has 0 rings (SSSR count). The summed E-state index contributed by atoms with van der Waals surface area (Å²) in [6, 6.07) is 0. The molecule has 0 fully saturated rings. The van der Waals surface area contributed by atoms with E-state index in [1.807, 2.05) is 0 Å². The summed E-state index contributed by atoms with van der Waals surface area (Å²) >= 11 is 0. The molecule has 0 heterocycles. The maximum absolute atomic E-state index is 13.8. The molecule has 0 N–H and O–H groups in total. The quantitative estimate of drug-likeness (QED) is 0.0454. The zero-order valence-corrected chi connectivity index (χ0v) is 39.5. The highest BCUT2D eigenvalue weighted by Crippen LogP contribution is 2.49. The lowest BCUT2D eigenvalue weighted by atomic mass is 10.0. The Balaban J connectivity index is 4.08. The van der Waals surface area contributed by atoms with Crippen LogP contribution in [-0.2, 0) is 13.6 Å². The van der Waals surface area contributed by atoms with Gasteiger partial charge in [0.15, 0.2) is 0 Å². The normalized spacial score (nSPS) is 12.0. The molecule has 0 aliphatic rings. The van der Waals surface area contributed by atoms with Gasteiger partial charge in [-0.05, 0) is 19.3 Å². The van der Waals surface area contributed by atoms with Gasteiger partial charge in [-0.1, -0.05) is 290 Å². The Kier molecular flexibility index (Phi) is 48.7. The molecule has 3 nitrogen and oxygen atoms in total. The van der Waals surface area contributed by atoms with E-state index in [-0.39, 0.29) is 0 Å². The Hall–Kier alpha value is 0.150. The Morgan fingerprint density at radius 1 is 0.236 bits per heavy atom. The minimum absolute atomic E-state index is 0.604. The second kappa shape index (κ2) is 48.5. The molecule has 0 unspecified atom stereocenters. The Bertz CT molecular complexity index is 687. The summed E-state index contributed by atoms with van der Waals surface area (Å²) in [5.41, 5.74) is 0. The van der Waals surface area contributed by atoms with Crippen LogP contribution in [0.2, 0.25) is 0 Å². The molecule has 4 heteroatoms. The molecule has 0 spiro atoms. The van der Waals surface area contributed by atoms with Gasteiger partial charge in [-0.3, -0.25) is 4.57 Å². The van der Waals surface area contributed by atoms with E-state index in [0.717, 1.165) is 25.7 Å². The van der Waals surface area contributed by atoms with Gasteiger partial charge in [0.05, 0.1) is 19.4 Å². The van der Waals surface area contributed by atoms with Crippen molar-refractivity contribution in [1.82, 2.24) is 0 Å². The van der Waals surface area contributed by atoms with Crippen LogP contribution in [-0.4, -0.2) is 19.4 Å². The first-order valence-electron chi connectivity index (χ1n) is 26.1. The zero-order chi connectivity index (χ0) is 39.9. The van der Waals surface area contributed by atoms with Gasteiger partial charge < -0.3 is 9.05 Å². The molecule has 0 bridgehead atoms. The molecule has 0 radical (unpaired) electrons. The van der Waals surface area contributed by atoms with Crippen molar-refractivity contribution in [1.29, 1.82) is 0 Å². The summed E-state index contributed by atoms with van der Waals surface area (Å²) in [7, 11) is -2.98. The number of hydrogen-bond donors (Lipinski definition) is 0. The van der Waals surface area contributed by atoms with E-state index >= 15 is 0 Å². The van der Waals surface area contributed by atoms with Crippen LogP contribution in [0.5, 0.6) is 0 Å². The van der Waals surface area contributed by atoms with Crippen LogP contribution >= 0.6 is 7.60 Å². The third-order valence-corrected chi connectivity index (χ3v) is 14.1. The number of hydrogen-bond acceptors (Lipinski definition) is 3. The van der Waals surface area contributed by atoms with E-state index < -0.39 is 7.60 Å². The van der Waals surface area contributed by atoms with Crippen molar-refractivity contribution in [2.45, 2.75) is 310 Å². The fourth-order valence-electron chi connectivity index (χ4n) is 8.20. The second-order valence-electron chi connectivity index (χ2n) is 17.9. The van der Waals surface area contributed by atoms with Crippen molar-refractivity contribution >= 4 is 7.60 Å². The molecule has 332 valence electrons. The Morgan fingerprint density at radius 2 is 0.400 bits per heavy atom. The van der Waals surface area contributed by atoms with Crippen LogP contribution in [0, 0.1) is 0 Å². The molecule has 0 amide bonds. The molecule has 0 saturated carbocycles. The molecular weight excluding hydrogens is 692 g/mol. The van der Waals surface area contributed by atoms with Crippen LogP contribution < -0.4 is 0 Å². The topological polar surface area (TPSA) is 35.5 Å². The van der Waals surface area contributed by atoms with Crippen LogP contribution in [0.1, 0.15) is 310 Å². The highest BCUT2D eigenvalue weighted by atomic mass is 31.2. The molecule has 0 saturated heterocycles. The van der Waals surface area contributed by atoms with E-state index in [2.05, 4.69) is 20.8 Å². The second-order valence-corrected chi connectivity index (χ2v) is 20.0. The summed E-state index contributed by atoms with van der Waals surface area (Å²) in [5.74, 6) is 0. The average molecular weight is 797 g/mol. The first kappa shape index (κ1) is 55.2. The fourth-order valence-corrected chi connectivity index (χ4v) is 9.96. The van der Waals surface area contributed by atoms with Crippen LogP contribution in [0.3, 0.4) is 0 Å². The third kappa shape index (κ3) is 46.7. The van der Waals surface area contributed by atoms with Crippen LogP contribution in [0.15, 0.2) is 0 Å². The lowest BCUT2D eigenvalue weighted by molar-refractivity contribution is 0.197. The van der Waals surface area contributed by atoms with Crippen molar-refractivity contribution < 1.29 is 13.6 Å². The summed E-state index contributed by atoms with van der Waals surface area (Å²) in [6.07, 6.45) is 61.6. The van der Waals surface area contributed by atoms with E-state index in [9.17, 15) is 4.57 Å². The van der Waals surface area contributed by atoms with Gasteiger partial charge >= 0.3 is 7.60 Å². The van der Waals surface area contributed by atoms with Gasteiger partial charge in [0.2, 0.25) is 0 Å². The minimum atomic E-state index is -2.98. The minimum Gasteiger partial charge on any atom is -0.309 e. The van der Waals surface area contributed by atoms with Crippen molar-refractivity contribution in [2.75, 3.05) is 19.4 Å². The van der Waals surface area contributed by atoms with Crippen molar-refractivity contribution in [3.8, 4) is 0 Å². The van der Waals surface area contributed by atoms with Gasteiger partial charge in [0, 0.05) is 0 Å². The molecule has 0 aromatic heterocycles. The van der Waals surface area contributed by atoms with Crippen LogP contribution in [0.25, 0.3) is 0 Å². The summed E-state index contributed by atoms with van der Waals surface area (Å²) in [6.45, 7) is 8.10. The van der Waals surface area contributed by atoms with Gasteiger partial charge in [0.25, 0.3) is 0 Å². The number of unbranched alkanes of at least 4 members (excludes halogenated alkanes) is 42. The molecule has 55 heavy (non-hydrogen) atoms. The molecule has 0 atom stereocenters. The van der Waals surface area contributed by atoms with E-state index in [1.165, 1.54) is 263 Å². The maximum Gasteiger partial charge on any atom is 0.330 e. The SMILES string of the molecule is CCCCCCCCCCCCCCCCCOP(=O)(CCCCCCCCCCCCCCCCC)OCCCCCCCCCCCCCCCCC. The highest BCUT2D eigenvalue weighted by Gasteiger charge is 2.23. The van der Waals surface area contributed by atoms with E-state index in [4.69, 9.17) is 9.05 Å². The maximum atomic E-state index is 13.8. The van der Waals surface area contributed by atoms with Gasteiger partial charge in [-0.2, -0.15) is 0 Å². The first-order chi connectivity index (χ1) is 27.2. The predicted molar refractivity (Wildman–Crippen MR) is 249 cm³/mol. The largest absolute Gasteiger partial charge is 0.330 e. The summed E-state index contributed by atoms with van der Waals surface area (Å²) < 4.78 is 26.0. The fraction of sp³-hybridized carbons (Fsp3) is 1.00. The highest BCUT2D eigenvalue weighted by molar-refractivity contribution is 7.53. The van der Waals surface area contributed by atoms with Crippen LogP contribution in [0.4, 0.5) is 0 Å². The first-order valence-corrected chi connectivity index (χ1v) is 27.8. The summed E-state index contributed by atoms with van der Waals surface area (Å²) in [4.78, 5) is 0. The Labute approximate surface area is 349 Å². The molecular formula is C51H105O3P. The molecule has 0 aromatic carbocycles. The van der Waals surface area contributed by atoms with Crippen molar-refractivity contribution in [2.24, 2.45) is 0 Å². The third-order valence-electron chi connectivity index (χ3n) is 12.1. The monoisotopic (exact) mass is 797 g/mol. The lowest BCUT2D eigenvalue weighted by Crippen LogP contribution is -2.04. The van der Waals surface area contributed by atoms with Crippen molar-refractivity contribution in [3.05, 3.63) is 0 Å². The smallest absolute Gasteiger partial charge is 0.309 e. The van der Waals surface area contributed by atoms with Crippen molar-refractivity contribution in [3.63, 3.8) is 0 Å². The standard InChI is InChI=1S/C51H105O3P/c1-4-7-10-13-16-19-22-25-28-31-34-37-40-43-46-49-53-55(52,51-48-45-42-39-36-33-30-27-24-21-18-15-12-9-6-3)54-50-47-44-41-38-35-32-29-26-23-20-17-14-11-8-5-2/h4-51H2,1-3H3. The summed E-state index contributed by atoms with van der Waals surface area (Å²) in [5, 5.41) is 0. The predicted octanol–water partition coefficient (Wildman–Crippen LogP) is 19.8. The van der Waals surface area contributed by atoms with Gasteiger partial charge in [0.1, 0.15) is 0 Å². The van der Waals surface area contributed by atoms with Gasteiger partial charge in [-0.25, -0.2) is 0 Å². The lowest BCUT2D eigenvalue weighted by Gasteiger charge is -2.19. The molecule has 0 aromatic rings.